The molecule has 0 saturated heterocycles. The number of aromatic nitrogens is 2. The van der Waals surface area contributed by atoms with Crippen molar-refractivity contribution in [3.05, 3.63) is 23.0 Å². The van der Waals surface area contributed by atoms with Gasteiger partial charge in [-0.15, -0.1) is 0 Å². The molecule has 1 aromatic heterocycles. The molecule has 0 spiro atoms. The first-order valence-corrected chi connectivity index (χ1v) is 8.15. The van der Waals surface area contributed by atoms with Crippen LogP contribution >= 0.6 is 12.2 Å². The fourth-order valence-corrected chi connectivity index (χ4v) is 3.48. The number of nitrogens with one attached hydrogen (secondary N) is 1. The summed E-state index contributed by atoms with van der Waals surface area (Å²) in [4.78, 5) is 3.30. The number of aromatic amines is 1. The normalized spacial score (nSPS) is 22.6. The van der Waals surface area contributed by atoms with Crippen LogP contribution in [0.3, 0.4) is 0 Å². The van der Waals surface area contributed by atoms with Crippen LogP contribution < -0.4 is 4.74 Å². The van der Waals surface area contributed by atoms with Crippen LogP contribution in [0.15, 0.2) is 18.2 Å². The number of fused-ring (bicyclic) bond motifs is 1. The summed E-state index contributed by atoms with van der Waals surface area (Å²) in [6.45, 7) is 2.81. The Balaban J connectivity index is 1.99. The van der Waals surface area contributed by atoms with Gasteiger partial charge in [-0.3, -0.25) is 0 Å². The standard InChI is InChI=1S/C16H22N2O2S/c1-2-10-20-14-5-3-4-13-15(14)17-16(21)18(13)11-6-8-12(19)9-7-11/h3-5,11-12,19H,2,6-10H2,1H3,(H,17,21). The molecule has 0 atom stereocenters. The highest BCUT2D eigenvalue weighted by molar-refractivity contribution is 7.71. The minimum Gasteiger partial charge on any atom is -0.491 e. The zero-order valence-corrected chi connectivity index (χ0v) is 13.2. The van der Waals surface area contributed by atoms with Gasteiger partial charge < -0.3 is 19.4 Å². The van der Waals surface area contributed by atoms with Gasteiger partial charge in [-0.2, -0.15) is 0 Å². The fraction of sp³-hybridized carbons (Fsp3) is 0.562. The first-order valence-electron chi connectivity index (χ1n) is 7.74. The van der Waals surface area contributed by atoms with Gasteiger partial charge in [0.2, 0.25) is 0 Å². The number of ether oxygens (including phenoxy) is 1. The number of imidazole rings is 1. The van der Waals surface area contributed by atoms with Gasteiger partial charge >= 0.3 is 0 Å². The lowest BCUT2D eigenvalue weighted by Crippen LogP contribution is -2.21. The van der Waals surface area contributed by atoms with E-state index in [4.69, 9.17) is 17.0 Å². The zero-order chi connectivity index (χ0) is 14.8. The average Bonchev–Trinajstić information content (AvgIpc) is 2.83. The van der Waals surface area contributed by atoms with Gasteiger partial charge in [0.25, 0.3) is 0 Å². The Bertz CT molecular complexity index is 668. The highest BCUT2D eigenvalue weighted by Gasteiger charge is 2.23. The van der Waals surface area contributed by atoms with Crippen molar-refractivity contribution in [3.8, 4) is 5.75 Å². The molecule has 0 amide bonds. The average molecular weight is 306 g/mol. The molecule has 0 unspecified atom stereocenters. The quantitative estimate of drug-likeness (QED) is 0.841. The van der Waals surface area contributed by atoms with Crippen LogP contribution in [0.25, 0.3) is 11.0 Å². The Morgan fingerprint density at radius 3 is 2.81 bits per heavy atom. The van der Waals surface area contributed by atoms with Crippen LogP contribution in [-0.4, -0.2) is 27.4 Å². The lowest BCUT2D eigenvalue weighted by atomic mass is 9.93. The van der Waals surface area contributed by atoms with Gasteiger partial charge in [0.05, 0.1) is 18.2 Å². The van der Waals surface area contributed by atoms with E-state index in [1.165, 1.54) is 0 Å². The van der Waals surface area contributed by atoms with Crippen molar-refractivity contribution in [2.45, 2.75) is 51.2 Å². The van der Waals surface area contributed by atoms with Crippen molar-refractivity contribution in [2.24, 2.45) is 0 Å². The van der Waals surface area contributed by atoms with Crippen molar-refractivity contribution in [3.63, 3.8) is 0 Å². The summed E-state index contributed by atoms with van der Waals surface area (Å²) < 4.78 is 8.76. The zero-order valence-electron chi connectivity index (χ0n) is 12.3. The number of hydrogen-bond acceptors (Lipinski definition) is 3. The molecule has 0 bridgehead atoms. The van der Waals surface area contributed by atoms with Crippen molar-refractivity contribution in [1.82, 2.24) is 9.55 Å². The Labute approximate surface area is 129 Å². The van der Waals surface area contributed by atoms with E-state index in [-0.39, 0.29) is 6.10 Å². The Morgan fingerprint density at radius 2 is 2.10 bits per heavy atom. The van der Waals surface area contributed by atoms with Crippen LogP contribution in [0.4, 0.5) is 0 Å². The molecular formula is C16H22N2O2S. The molecule has 0 aliphatic heterocycles. The summed E-state index contributed by atoms with van der Waals surface area (Å²) in [6.07, 6.45) is 4.49. The monoisotopic (exact) mass is 306 g/mol. The minimum absolute atomic E-state index is 0.149. The van der Waals surface area contributed by atoms with E-state index < -0.39 is 0 Å². The predicted molar refractivity (Wildman–Crippen MR) is 86.4 cm³/mol. The third-order valence-corrected chi connectivity index (χ3v) is 4.51. The van der Waals surface area contributed by atoms with Crippen LogP contribution in [0.1, 0.15) is 45.1 Å². The van der Waals surface area contributed by atoms with Gasteiger partial charge in [0.1, 0.15) is 11.3 Å². The second kappa shape index (κ2) is 6.20. The van der Waals surface area contributed by atoms with Gasteiger partial charge in [-0.25, -0.2) is 0 Å². The molecule has 3 rings (SSSR count). The number of H-pyrrole nitrogens is 1. The van der Waals surface area contributed by atoms with Gasteiger partial charge in [-0.1, -0.05) is 13.0 Å². The van der Waals surface area contributed by atoms with Crippen molar-refractivity contribution in [2.75, 3.05) is 6.61 Å². The molecule has 0 radical (unpaired) electrons. The van der Waals surface area contributed by atoms with Crippen molar-refractivity contribution in [1.29, 1.82) is 0 Å². The number of rotatable bonds is 4. The van der Waals surface area contributed by atoms with Crippen LogP contribution in [0.2, 0.25) is 0 Å². The topological polar surface area (TPSA) is 50.2 Å². The summed E-state index contributed by atoms with van der Waals surface area (Å²) in [5.74, 6) is 0.870. The maximum atomic E-state index is 9.69. The highest BCUT2D eigenvalue weighted by Crippen LogP contribution is 2.34. The molecule has 5 heteroatoms. The molecule has 1 saturated carbocycles. The third kappa shape index (κ3) is 2.85. The smallest absolute Gasteiger partial charge is 0.178 e. The van der Waals surface area contributed by atoms with E-state index in [1.54, 1.807) is 0 Å². The summed E-state index contributed by atoms with van der Waals surface area (Å²) >= 11 is 5.52. The lowest BCUT2D eigenvalue weighted by Gasteiger charge is -2.27. The number of nitrogens with zero attached hydrogens (tertiary/aromatic N) is 1. The van der Waals surface area contributed by atoms with E-state index in [1.807, 2.05) is 12.1 Å². The molecule has 2 N–H and O–H groups in total. The molecule has 1 heterocycles. The Hall–Kier alpha value is -1.33. The molecule has 1 aliphatic rings. The first kappa shape index (κ1) is 14.6. The second-order valence-electron chi connectivity index (χ2n) is 5.76. The molecule has 1 aliphatic carbocycles. The van der Waals surface area contributed by atoms with Crippen LogP contribution in [0, 0.1) is 4.77 Å². The molecular weight excluding hydrogens is 284 g/mol. The summed E-state index contributed by atoms with van der Waals surface area (Å²) in [5, 5.41) is 9.69. The molecule has 114 valence electrons. The van der Waals surface area contributed by atoms with E-state index in [0.29, 0.717) is 12.6 Å². The maximum absolute atomic E-state index is 9.69. The lowest BCUT2D eigenvalue weighted by molar-refractivity contribution is 0.111. The predicted octanol–water partition coefficient (Wildman–Crippen LogP) is 3.96. The number of benzene rings is 1. The molecule has 21 heavy (non-hydrogen) atoms. The molecule has 1 aromatic carbocycles. The largest absolute Gasteiger partial charge is 0.491 e. The maximum Gasteiger partial charge on any atom is 0.178 e. The van der Waals surface area contributed by atoms with Gasteiger partial charge in [0.15, 0.2) is 4.77 Å². The Morgan fingerprint density at radius 1 is 1.33 bits per heavy atom. The first-order chi connectivity index (χ1) is 10.2. The second-order valence-corrected chi connectivity index (χ2v) is 6.15. The fourth-order valence-electron chi connectivity index (χ4n) is 3.13. The number of aliphatic hydroxyl groups is 1. The van der Waals surface area contributed by atoms with Crippen molar-refractivity contribution >= 4 is 23.3 Å². The van der Waals surface area contributed by atoms with E-state index in [0.717, 1.165) is 53.7 Å². The summed E-state index contributed by atoms with van der Waals surface area (Å²) in [7, 11) is 0. The summed E-state index contributed by atoms with van der Waals surface area (Å²) in [5.41, 5.74) is 2.09. The molecule has 4 nitrogen and oxygen atoms in total. The SMILES string of the molecule is CCCOc1cccc2c1[nH]c(=S)n2C1CCC(O)CC1. The van der Waals surface area contributed by atoms with Gasteiger partial charge in [-0.05, 0) is 56.5 Å². The number of aliphatic hydroxyl groups excluding tert-OH is 1. The Kier molecular flexibility index (Phi) is 4.31. The van der Waals surface area contributed by atoms with Crippen LogP contribution in [-0.2, 0) is 0 Å². The number of hydrogen-bond donors (Lipinski definition) is 2. The summed E-state index contributed by atoms with van der Waals surface area (Å²) in [6, 6.07) is 6.46. The molecule has 1 fully saturated rings. The van der Waals surface area contributed by atoms with Crippen LogP contribution in [0.5, 0.6) is 5.75 Å². The minimum atomic E-state index is -0.149. The highest BCUT2D eigenvalue weighted by atomic mass is 32.1. The number of para-hydroxylation sites is 1. The van der Waals surface area contributed by atoms with E-state index in [9.17, 15) is 5.11 Å². The molecule has 2 aromatic rings. The van der Waals surface area contributed by atoms with E-state index in [2.05, 4.69) is 22.5 Å². The van der Waals surface area contributed by atoms with Crippen molar-refractivity contribution < 1.29 is 9.84 Å². The third-order valence-electron chi connectivity index (χ3n) is 4.21. The van der Waals surface area contributed by atoms with E-state index >= 15 is 0 Å². The van der Waals surface area contributed by atoms with Gasteiger partial charge in [0, 0.05) is 6.04 Å².